The molecule has 4 radical (unpaired) electrons. The van der Waals surface area contributed by atoms with E-state index in [4.69, 9.17) is 0 Å². The molecule has 0 aliphatic carbocycles. The molecule has 37 heavy (non-hydrogen) atoms. The number of phenols is 2. The van der Waals surface area contributed by atoms with Gasteiger partial charge in [0, 0.05) is 58.6 Å². The van der Waals surface area contributed by atoms with Crippen molar-refractivity contribution in [2.75, 3.05) is 13.1 Å². The zero-order valence-corrected chi connectivity index (χ0v) is 28.0. The second-order valence-electron chi connectivity index (χ2n) is 14.0. The number of aliphatic imine (C=N–C) groups is 2. The fourth-order valence-electron chi connectivity index (χ4n) is 3.96. The van der Waals surface area contributed by atoms with Crippen molar-refractivity contribution >= 4 is 36.3 Å². The van der Waals surface area contributed by atoms with Gasteiger partial charge in [0.05, 0.1) is 13.1 Å². The van der Waals surface area contributed by atoms with Gasteiger partial charge in [-0.1, -0.05) is 95.2 Å². The van der Waals surface area contributed by atoms with Gasteiger partial charge in [-0.15, -0.1) is 0 Å². The molecule has 0 heterocycles. The fourth-order valence-corrected chi connectivity index (χ4v) is 3.96. The standard InChI is InChI=1S/C32H48N2O2.Sn/c1-29(2,3)23-15-21(27(35)25(17-23)31(7,8)9)19-33-13-14-34-20-22-16-24(30(4,5)6)18-26(28(22)36)32(10,11)12;/h15-20,35-36H,13-14H2,1-12H3;. The molecule has 0 saturated carbocycles. The van der Waals surface area contributed by atoms with E-state index in [0.29, 0.717) is 24.6 Å². The molecule has 0 atom stereocenters. The van der Waals surface area contributed by atoms with Gasteiger partial charge < -0.3 is 10.2 Å². The molecule has 0 aliphatic heterocycles. The maximum absolute atomic E-state index is 10.9. The summed E-state index contributed by atoms with van der Waals surface area (Å²) in [5, 5.41) is 21.9. The van der Waals surface area contributed by atoms with E-state index >= 15 is 0 Å². The predicted octanol–water partition coefficient (Wildman–Crippen LogP) is 7.45. The number of nitrogens with zero attached hydrogens (tertiary/aromatic N) is 2. The van der Waals surface area contributed by atoms with Crippen LogP contribution in [0.4, 0.5) is 0 Å². The summed E-state index contributed by atoms with van der Waals surface area (Å²) in [5.41, 5.74) is 5.27. The van der Waals surface area contributed by atoms with Gasteiger partial charge in [0.25, 0.3) is 0 Å². The summed E-state index contributed by atoms with van der Waals surface area (Å²) in [6, 6.07) is 8.28. The minimum absolute atomic E-state index is 0. The minimum atomic E-state index is -0.173. The van der Waals surface area contributed by atoms with Gasteiger partial charge >= 0.3 is 0 Å². The zero-order chi connectivity index (χ0) is 27.7. The van der Waals surface area contributed by atoms with Crippen LogP contribution in [0.1, 0.15) is 116 Å². The van der Waals surface area contributed by atoms with Crippen molar-refractivity contribution in [1.82, 2.24) is 0 Å². The predicted molar refractivity (Wildman–Crippen MR) is 162 cm³/mol. The average Bonchev–Trinajstić information content (AvgIpc) is 2.69. The number of hydrogen-bond donors (Lipinski definition) is 2. The van der Waals surface area contributed by atoms with E-state index in [-0.39, 0.29) is 45.6 Å². The van der Waals surface area contributed by atoms with Crippen LogP contribution in [0.15, 0.2) is 34.3 Å². The summed E-state index contributed by atoms with van der Waals surface area (Å²) in [4.78, 5) is 9.11. The largest absolute Gasteiger partial charge is 0.507 e. The van der Waals surface area contributed by atoms with Crippen molar-refractivity contribution in [3.8, 4) is 11.5 Å². The molecule has 0 bridgehead atoms. The van der Waals surface area contributed by atoms with Crippen LogP contribution in [0.2, 0.25) is 0 Å². The quantitative estimate of drug-likeness (QED) is 0.210. The summed E-state index contributed by atoms with van der Waals surface area (Å²) in [6.45, 7) is 26.7. The third kappa shape index (κ3) is 8.87. The van der Waals surface area contributed by atoms with E-state index in [1.165, 1.54) is 11.1 Å². The Bertz CT molecular complexity index is 1040. The molecule has 2 N–H and O–H groups in total. The van der Waals surface area contributed by atoms with Gasteiger partial charge in [0.15, 0.2) is 0 Å². The SMILES string of the molecule is CC(C)(C)c1cc(C=NCCN=Cc2cc(C(C)(C)C)cc(C(C)(C)C)c2O)c(O)c(C(C)(C)C)c1.[Sn]. The smallest absolute Gasteiger partial charge is 0.128 e. The molecule has 0 aliphatic rings. The molecule has 5 heteroatoms. The topological polar surface area (TPSA) is 65.2 Å². The van der Waals surface area contributed by atoms with E-state index in [2.05, 4.69) is 105 Å². The summed E-state index contributed by atoms with van der Waals surface area (Å²) < 4.78 is 0. The Hall–Kier alpha value is -1.82. The third-order valence-corrected chi connectivity index (χ3v) is 6.45. The first-order chi connectivity index (χ1) is 16.2. The molecular weight excluding hydrogens is 563 g/mol. The first kappa shape index (κ1) is 33.2. The molecule has 0 amide bonds. The van der Waals surface area contributed by atoms with Gasteiger partial charge in [-0.05, 0) is 44.9 Å². The van der Waals surface area contributed by atoms with E-state index in [0.717, 1.165) is 22.3 Å². The number of phenolic OH excluding ortho intramolecular Hbond substituents is 2. The maximum atomic E-state index is 10.9. The number of rotatable bonds is 5. The van der Waals surface area contributed by atoms with E-state index in [1.54, 1.807) is 12.4 Å². The van der Waals surface area contributed by atoms with Crippen LogP contribution in [0.3, 0.4) is 0 Å². The van der Waals surface area contributed by atoms with Crippen LogP contribution in [-0.4, -0.2) is 59.6 Å². The Morgan fingerprint density at radius 3 is 1.08 bits per heavy atom. The second-order valence-corrected chi connectivity index (χ2v) is 14.0. The monoisotopic (exact) mass is 612 g/mol. The fraction of sp³-hybridized carbons (Fsp3) is 0.562. The van der Waals surface area contributed by atoms with E-state index < -0.39 is 0 Å². The molecule has 0 fully saturated rings. The minimum Gasteiger partial charge on any atom is -0.507 e. The number of benzene rings is 2. The molecule has 2 rings (SSSR count). The maximum Gasteiger partial charge on any atom is 0.128 e. The first-order valence-electron chi connectivity index (χ1n) is 13.0. The molecule has 4 nitrogen and oxygen atoms in total. The third-order valence-electron chi connectivity index (χ3n) is 6.45. The Morgan fingerprint density at radius 2 is 0.838 bits per heavy atom. The van der Waals surface area contributed by atoms with Crippen LogP contribution in [-0.2, 0) is 21.7 Å². The van der Waals surface area contributed by atoms with Crippen LogP contribution in [0.25, 0.3) is 0 Å². The summed E-state index contributed by atoms with van der Waals surface area (Å²) in [7, 11) is 0. The van der Waals surface area contributed by atoms with Crippen LogP contribution in [0.5, 0.6) is 11.5 Å². The van der Waals surface area contributed by atoms with Crippen LogP contribution >= 0.6 is 0 Å². The molecule has 2 aromatic rings. The summed E-state index contributed by atoms with van der Waals surface area (Å²) in [5.74, 6) is 0.586. The van der Waals surface area contributed by atoms with E-state index in [9.17, 15) is 10.2 Å². The van der Waals surface area contributed by atoms with Crippen LogP contribution in [0, 0.1) is 0 Å². The molecule has 2 aromatic carbocycles. The van der Waals surface area contributed by atoms with Gasteiger partial charge in [-0.3, -0.25) is 9.98 Å². The summed E-state index contributed by atoms with van der Waals surface area (Å²) >= 11 is 0. The van der Waals surface area contributed by atoms with E-state index in [1.807, 2.05) is 12.1 Å². The van der Waals surface area contributed by atoms with Gasteiger partial charge in [-0.25, -0.2) is 0 Å². The second kappa shape index (κ2) is 11.9. The molecule has 202 valence electrons. The molecule has 0 aromatic heterocycles. The Morgan fingerprint density at radius 1 is 0.541 bits per heavy atom. The zero-order valence-electron chi connectivity index (χ0n) is 25.2. The first-order valence-corrected chi connectivity index (χ1v) is 13.0. The van der Waals surface area contributed by atoms with Gasteiger partial charge in [0.1, 0.15) is 11.5 Å². The molecule has 0 saturated heterocycles. The van der Waals surface area contributed by atoms with Gasteiger partial charge in [-0.2, -0.15) is 0 Å². The normalized spacial score (nSPS) is 13.4. The Balaban J connectivity index is 0.00000684. The molecule has 0 unspecified atom stereocenters. The molecule has 0 spiro atoms. The van der Waals surface area contributed by atoms with Crippen molar-refractivity contribution in [2.24, 2.45) is 9.98 Å². The van der Waals surface area contributed by atoms with Crippen molar-refractivity contribution in [3.63, 3.8) is 0 Å². The number of aromatic hydroxyl groups is 2. The van der Waals surface area contributed by atoms with Crippen molar-refractivity contribution < 1.29 is 10.2 Å². The average molecular weight is 611 g/mol. The van der Waals surface area contributed by atoms with Crippen LogP contribution < -0.4 is 0 Å². The molecular formula is C32H48N2O2Sn. The summed E-state index contributed by atoms with van der Waals surface area (Å²) in [6.07, 6.45) is 3.51. The van der Waals surface area contributed by atoms with Gasteiger partial charge in [0.2, 0.25) is 0 Å². The van der Waals surface area contributed by atoms with Crippen molar-refractivity contribution in [3.05, 3.63) is 57.6 Å². The Kier molecular flexibility index (Phi) is 10.7. The number of hydrogen-bond acceptors (Lipinski definition) is 4. The van der Waals surface area contributed by atoms with Crippen molar-refractivity contribution in [2.45, 2.75) is 105 Å². The Labute approximate surface area is 242 Å². The van der Waals surface area contributed by atoms with Crippen molar-refractivity contribution in [1.29, 1.82) is 0 Å².